The van der Waals surface area contributed by atoms with Crippen LogP contribution < -0.4 is 0 Å². The molecule has 4 nitrogen and oxygen atoms in total. The van der Waals surface area contributed by atoms with Gasteiger partial charge in [0, 0.05) is 18.8 Å². The Morgan fingerprint density at radius 1 is 1.06 bits per heavy atom. The Hall–Kier alpha value is -1.94. The van der Waals surface area contributed by atoms with Gasteiger partial charge in [0.15, 0.2) is 5.82 Å². The largest absolute Gasteiger partial charge is 0.508 e. The molecule has 0 spiro atoms. The summed E-state index contributed by atoms with van der Waals surface area (Å²) in [6.45, 7) is 0. The van der Waals surface area contributed by atoms with Crippen LogP contribution in [0.1, 0.15) is 17.5 Å². The number of aromatic hydroxyl groups is 1. The monoisotopic (exact) mass is 216 g/mol. The minimum absolute atomic E-state index is 0.217. The normalized spacial score (nSPS) is 12.3. The number of hydrogen-bond acceptors (Lipinski definition) is 4. The second kappa shape index (κ2) is 4.72. The summed E-state index contributed by atoms with van der Waals surface area (Å²) in [5, 5.41) is 19.0. The average Bonchev–Trinajstić information content (AvgIpc) is 2.33. The van der Waals surface area contributed by atoms with Crippen LogP contribution in [0.25, 0.3) is 0 Å². The third-order valence-electron chi connectivity index (χ3n) is 2.25. The van der Waals surface area contributed by atoms with Crippen molar-refractivity contribution in [3.63, 3.8) is 0 Å². The lowest BCUT2D eigenvalue weighted by molar-refractivity contribution is 0.168. The summed E-state index contributed by atoms with van der Waals surface area (Å²) in [5.41, 5.74) is 0.928. The number of rotatable bonds is 3. The Labute approximate surface area is 93.2 Å². The molecular formula is C12H12N2O2. The predicted octanol–water partition coefficient (Wildman–Crippen LogP) is 1.46. The van der Waals surface area contributed by atoms with Gasteiger partial charge in [-0.3, -0.25) is 0 Å². The first kappa shape index (κ1) is 10.6. The van der Waals surface area contributed by atoms with Gasteiger partial charge in [0.2, 0.25) is 0 Å². The first-order chi connectivity index (χ1) is 7.75. The van der Waals surface area contributed by atoms with Gasteiger partial charge >= 0.3 is 0 Å². The molecule has 1 heterocycles. The minimum Gasteiger partial charge on any atom is -0.508 e. The zero-order valence-electron chi connectivity index (χ0n) is 8.61. The minimum atomic E-state index is -0.717. The highest BCUT2D eigenvalue weighted by Crippen LogP contribution is 2.16. The summed E-state index contributed by atoms with van der Waals surface area (Å²) >= 11 is 0. The lowest BCUT2D eigenvalue weighted by Gasteiger charge is -2.08. The van der Waals surface area contributed by atoms with Crippen LogP contribution in [0.4, 0.5) is 0 Å². The molecule has 1 aromatic carbocycles. The lowest BCUT2D eigenvalue weighted by Crippen LogP contribution is -2.05. The summed E-state index contributed by atoms with van der Waals surface area (Å²) in [6, 6.07) is 8.42. The van der Waals surface area contributed by atoms with Crippen LogP contribution in [-0.4, -0.2) is 20.2 Å². The molecule has 0 bridgehead atoms. The van der Waals surface area contributed by atoms with Gasteiger partial charge in [-0.1, -0.05) is 12.1 Å². The number of phenolic OH excluding ortho intramolecular Hbond substituents is 1. The molecule has 1 atom stereocenters. The number of aliphatic hydroxyl groups excluding tert-OH is 1. The fourth-order valence-corrected chi connectivity index (χ4v) is 1.43. The van der Waals surface area contributed by atoms with Crippen molar-refractivity contribution in [2.24, 2.45) is 0 Å². The first-order valence-corrected chi connectivity index (χ1v) is 4.98. The summed E-state index contributed by atoms with van der Waals surface area (Å²) in [4.78, 5) is 7.96. The molecule has 2 N–H and O–H groups in total. The van der Waals surface area contributed by atoms with Crippen molar-refractivity contribution in [2.45, 2.75) is 12.5 Å². The van der Waals surface area contributed by atoms with E-state index in [1.54, 1.807) is 42.7 Å². The van der Waals surface area contributed by atoms with Crippen molar-refractivity contribution in [1.82, 2.24) is 9.97 Å². The van der Waals surface area contributed by atoms with E-state index >= 15 is 0 Å². The summed E-state index contributed by atoms with van der Waals surface area (Å²) in [5.74, 6) is 0.629. The molecule has 2 rings (SSSR count). The van der Waals surface area contributed by atoms with Gasteiger partial charge < -0.3 is 10.2 Å². The second-order valence-electron chi connectivity index (χ2n) is 3.49. The maximum atomic E-state index is 9.86. The number of aliphatic hydroxyl groups is 1. The highest BCUT2D eigenvalue weighted by atomic mass is 16.3. The molecule has 16 heavy (non-hydrogen) atoms. The Kier molecular flexibility index (Phi) is 3.12. The highest BCUT2D eigenvalue weighted by molar-refractivity contribution is 5.26. The zero-order chi connectivity index (χ0) is 11.4. The average molecular weight is 216 g/mol. The Morgan fingerprint density at radius 2 is 1.69 bits per heavy atom. The molecule has 0 aliphatic heterocycles. The van der Waals surface area contributed by atoms with Gasteiger partial charge in [-0.15, -0.1) is 0 Å². The van der Waals surface area contributed by atoms with Crippen molar-refractivity contribution in [3.05, 3.63) is 54.1 Å². The quantitative estimate of drug-likeness (QED) is 0.815. The van der Waals surface area contributed by atoms with Crippen molar-refractivity contribution in [1.29, 1.82) is 0 Å². The van der Waals surface area contributed by atoms with Crippen molar-refractivity contribution < 1.29 is 10.2 Å². The molecular weight excluding hydrogens is 204 g/mol. The van der Waals surface area contributed by atoms with Crippen molar-refractivity contribution in [2.75, 3.05) is 0 Å². The van der Waals surface area contributed by atoms with Crippen LogP contribution >= 0.6 is 0 Å². The predicted molar refractivity (Wildman–Crippen MR) is 58.8 cm³/mol. The van der Waals surface area contributed by atoms with Gasteiger partial charge in [0.1, 0.15) is 11.9 Å². The number of phenols is 1. The van der Waals surface area contributed by atoms with Crippen LogP contribution in [0.5, 0.6) is 5.75 Å². The number of hydrogen-bond donors (Lipinski definition) is 2. The molecule has 0 saturated carbocycles. The Bertz CT molecular complexity index is 442. The van der Waals surface area contributed by atoms with Gasteiger partial charge in [0.05, 0.1) is 0 Å². The number of aromatic nitrogens is 2. The first-order valence-electron chi connectivity index (χ1n) is 4.98. The van der Waals surface area contributed by atoms with E-state index in [-0.39, 0.29) is 5.75 Å². The SMILES string of the molecule is Oc1ccc(CC(O)c2ncccn2)cc1. The third-order valence-corrected chi connectivity index (χ3v) is 2.25. The molecule has 4 heteroatoms. The van der Waals surface area contributed by atoms with Gasteiger partial charge in [0.25, 0.3) is 0 Å². The fraction of sp³-hybridized carbons (Fsp3) is 0.167. The lowest BCUT2D eigenvalue weighted by atomic mass is 10.1. The third kappa shape index (κ3) is 2.55. The number of nitrogens with zero attached hydrogens (tertiary/aromatic N) is 2. The smallest absolute Gasteiger partial charge is 0.157 e. The van der Waals surface area contributed by atoms with E-state index in [0.29, 0.717) is 12.2 Å². The van der Waals surface area contributed by atoms with E-state index in [1.165, 1.54) is 0 Å². The van der Waals surface area contributed by atoms with E-state index in [4.69, 9.17) is 5.11 Å². The van der Waals surface area contributed by atoms with Crippen LogP contribution in [-0.2, 0) is 6.42 Å². The van der Waals surface area contributed by atoms with E-state index < -0.39 is 6.10 Å². The number of benzene rings is 1. The standard InChI is InChI=1S/C12H12N2O2/c15-10-4-2-9(3-5-10)8-11(16)12-13-6-1-7-14-12/h1-7,11,15-16H,8H2. The molecule has 1 unspecified atom stereocenters. The Morgan fingerprint density at radius 3 is 2.31 bits per heavy atom. The summed E-state index contributed by atoms with van der Waals surface area (Å²) < 4.78 is 0. The molecule has 0 fully saturated rings. The molecule has 0 aliphatic carbocycles. The maximum Gasteiger partial charge on any atom is 0.157 e. The summed E-state index contributed by atoms with van der Waals surface area (Å²) in [6.07, 6.45) is 2.92. The highest BCUT2D eigenvalue weighted by Gasteiger charge is 2.10. The molecule has 0 radical (unpaired) electrons. The molecule has 82 valence electrons. The molecule has 1 aromatic heterocycles. The Balaban J connectivity index is 2.08. The van der Waals surface area contributed by atoms with Gasteiger partial charge in [-0.2, -0.15) is 0 Å². The molecule has 2 aromatic rings. The van der Waals surface area contributed by atoms with E-state index in [2.05, 4.69) is 9.97 Å². The topological polar surface area (TPSA) is 66.2 Å². The van der Waals surface area contributed by atoms with Crippen LogP contribution in [0.3, 0.4) is 0 Å². The van der Waals surface area contributed by atoms with E-state index in [0.717, 1.165) is 5.56 Å². The van der Waals surface area contributed by atoms with Crippen LogP contribution in [0, 0.1) is 0 Å². The maximum absolute atomic E-state index is 9.86. The van der Waals surface area contributed by atoms with Crippen molar-refractivity contribution >= 4 is 0 Å². The molecule has 0 aliphatic rings. The molecule has 0 saturated heterocycles. The zero-order valence-corrected chi connectivity index (χ0v) is 8.61. The van der Waals surface area contributed by atoms with Crippen LogP contribution in [0.2, 0.25) is 0 Å². The fourth-order valence-electron chi connectivity index (χ4n) is 1.43. The van der Waals surface area contributed by atoms with Gasteiger partial charge in [-0.05, 0) is 23.8 Å². The van der Waals surface area contributed by atoms with Crippen LogP contribution in [0.15, 0.2) is 42.7 Å². The summed E-state index contributed by atoms with van der Waals surface area (Å²) in [7, 11) is 0. The van der Waals surface area contributed by atoms with Crippen molar-refractivity contribution in [3.8, 4) is 5.75 Å². The second-order valence-corrected chi connectivity index (χ2v) is 3.49. The van der Waals surface area contributed by atoms with E-state index in [9.17, 15) is 5.11 Å². The van der Waals surface area contributed by atoms with E-state index in [1.807, 2.05) is 0 Å². The van der Waals surface area contributed by atoms with Gasteiger partial charge in [-0.25, -0.2) is 9.97 Å². The molecule has 0 amide bonds.